The van der Waals surface area contributed by atoms with E-state index in [-0.39, 0.29) is 19.1 Å². The number of esters is 1. The third kappa shape index (κ3) is 3.70. The van der Waals surface area contributed by atoms with Crippen molar-refractivity contribution in [3.05, 3.63) is 0 Å². The molecule has 1 aliphatic heterocycles. The molecule has 130 valence electrons. The number of carbonyl (C=O) groups excluding carboxylic acids is 4. The van der Waals surface area contributed by atoms with Gasteiger partial charge in [0.1, 0.15) is 0 Å². The number of rotatable bonds is 5. The zero-order valence-electron chi connectivity index (χ0n) is 13.8. The lowest BCUT2D eigenvalue weighted by Crippen LogP contribution is -2.60. The molecule has 0 spiro atoms. The summed E-state index contributed by atoms with van der Waals surface area (Å²) < 4.78 is 6.39. The minimum Gasteiger partial charge on any atom is -0.641 e. The maximum atomic E-state index is 13.1. The van der Waals surface area contributed by atoms with Gasteiger partial charge in [-0.1, -0.05) is 0 Å². The molecule has 0 N–H and O–H groups in total. The predicted octanol–water partition coefficient (Wildman–Crippen LogP) is -0.473. The summed E-state index contributed by atoms with van der Waals surface area (Å²) in [6.45, 7) is 0. The van der Waals surface area contributed by atoms with Crippen LogP contribution in [-0.2, 0) is 14.3 Å². The number of carbonyl (C=O) groups is 4. The fraction of sp³-hybridized carbons (Fsp3) is 0.667. The number of hydrogen-bond donors (Lipinski definition) is 0. The average molecular weight is 348 g/mol. The molecule has 11 heteroatoms. The normalized spacial score (nSPS) is 17.4. The highest BCUT2D eigenvalue weighted by Crippen LogP contribution is 2.58. The number of methoxy groups -OCH3 is 1. The summed E-state index contributed by atoms with van der Waals surface area (Å²) in [5.41, 5.74) is 0. The Morgan fingerprint density at radius 2 is 1.61 bits per heavy atom. The zero-order valence-corrected chi connectivity index (χ0v) is 14.7. The second kappa shape index (κ2) is 7.10. The molecule has 5 amide bonds. The van der Waals surface area contributed by atoms with Gasteiger partial charge < -0.3 is 14.5 Å². The number of urea groups is 2. The van der Waals surface area contributed by atoms with Crippen LogP contribution >= 0.6 is 7.79 Å². The Morgan fingerprint density at radius 3 is 2.04 bits per heavy atom. The molecule has 1 fully saturated rings. The van der Waals surface area contributed by atoms with E-state index in [1.54, 1.807) is 0 Å². The van der Waals surface area contributed by atoms with Crippen molar-refractivity contribution in [2.24, 2.45) is 0 Å². The number of imide groups is 1. The maximum absolute atomic E-state index is 13.1. The van der Waals surface area contributed by atoms with Crippen LogP contribution in [0.2, 0.25) is 0 Å². The van der Waals surface area contributed by atoms with E-state index in [1.165, 1.54) is 35.3 Å². The Bertz CT molecular complexity index is 506. The Kier molecular flexibility index (Phi) is 5.90. The predicted molar refractivity (Wildman–Crippen MR) is 79.9 cm³/mol. The van der Waals surface area contributed by atoms with Crippen LogP contribution in [0.15, 0.2) is 0 Å². The summed E-state index contributed by atoms with van der Waals surface area (Å²) in [7, 11) is 2.93. The molecule has 0 saturated carbocycles. The van der Waals surface area contributed by atoms with E-state index >= 15 is 0 Å². The van der Waals surface area contributed by atoms with Crippen LogP contribution in [0.4, 0.5) is 9.59 Å². The second-order valence-corrected chi connectivity index (χ2v) is 7.96. The summed E-state index contributed by atoms with van der Waals surface area (Å²) in [6, 6.07) is -1.40. The van der Waals surface area contributed by atoms with Gasteiger partial charge in [0, 0.05) is 20.5 Å². The highest BCUT2D eigenvalue weighted by atomic mass is 31.2. The lowest BCUT2D eigenvalue weighted by molar-refractivity contribution is -0.192. The van der Waals surface area contributed by atoms with E-state index in [1.807, 2.05) is 0 Å². The molecule has 1 rings (SSSR count). The van der Waals surface area contributed by atoms with Gasteiger partial charge in [-0.15, -0.1) is 0 Å². The summed E-state index contributed by atoms with van der Waals surface area (Å²) in [4.78, 5) is 62.1. The van der Waals surface area contributed by atoms with Crippen molar-refractivity contribution in [3.63, 3.8) is 0 Å². The summed E-state index contributed by atoms with van der Waals surface area (Å²) in [5.74, 6) is -0.969. The molecule has 0 aliphatic carbocycles. The van der Waals surface area contributed by atoms with Gasteiger partial charge >= 0.3 is 18.0 Å². The fourth-order valence-corrected chi connectivity index (χ4v) is 4.33. The lowest BCUT2D eigenvalue weighted by atomic mass is 10.3. The molecule has 10 nitrogen and oxygen atoms in total. The van der Waals surface area contributed by atoms with Crippen LogP contribution in [-0.4, -0.2) is 84.7 Å². The van der Waals surface area contributed by atoms with Gasteiger partial charge in [0.2, 0.25) is 5.91 Å². The van der Waals surface area contributed by atoms with Gasteiger partial charge in [0.15, 0.2) is 14.1 Å². The second-order valence-electron chi connectivity index (χ2n) is 5.15. The first kappa shape index (κ1) is 19.1. The van der Waals surface area contributed by atoms with Crippen LogP contribution in [0, 0.1) is 0 Å². The minimum atomic E-state index is -3.59. The highest BCUT2D eigenvalue weighted by molar-refractivity contribution is 7.65. The number of ether oxygens (including phenoxy) is 1. The molecule has 23 heavy (non-hydrogen) atoms. The van der Waals surface area contributed by atoms with Gasteiger partial charge in [0.25, 0.3) is 0 Å². The molecular formula is C12H21N4O6P. The van der Waals surface area contributed by atoms with E-state index in [0.29, 0.717) is 0 Å². The maximum Gasteiger partial charge on any atom is 0.361 e. The van der Waals surface area contributed by atoms with E-state index in [9.17, 15) is 24.1 Å². The average Bonchev–Trinajstić information content (AvgIpc) is 2.54. The molecule has 0 atom stereocenters. The summed E-state index contributed by atoms with van der Waals surface area (Å²) in [5, 5.41) is 0. The SMILES string of the molecule is COC(=O)CCC(=O)N(C)C[P+]1([O-])N(C)C(=O)N(C)C(=O)N1C. The van der Waals surface area contributed by atoms with Gasteiger partial charge in [-0.05, 0) is 0 Å². The van der Waals surface area contributed by atoms with Gasteiger partial charge in [0.05, 0.1) is 27.6 Å². The van der Waals surface area contributed by atoms with Crippen LogP contribution < -0.4 is 4.89 Å². The van der Waals surface area contributed by atoms with Gasteiger partial charge in [-0.3, -0.25) is 9.59 Å². The van der Waals surface area contributed by atoms with E-state index in [0.717, 1.165) is 19.1 Å². The van der Waals surface area contributed by atoms with Crippen molar-refractivity contribution in [2.75, 3.05) is 41.6 Å². The fourth-order valence-electron chi connectivity index (χ4n) is 2.03. The Labute approximate surface area is 135 Å². The standard InChI is InChI=1S/C12H21N4O6P/c1-13(9(17)6-7-10(18)22-5)8-23(21)15(3)11(19)14(2)12(20)16(23)4/h6-8H2,1-5H3. The summed E-state index contributed by atoms with van der Waals surface area (Å²) >= 11 is 0. The van der Waals surface area contributed by atoms with Crippen LogP contribution in [0.25, 0.3) is 0 Å². The highest BCUT2D eigenvalue weighted by Gasteiger charge is 2.52. The van der Waals surface area contributed by atoms with Gasteiger partial charge in [-0.25, -0.2) is 14.5 Å². The Balaban J connectivity index is 2.83. The number of amides is 5. The van der Waals surface area contributed by atoms with Crippen molar-refractivity contribution >= 4 is 31.7 Å². The number of hydrogen-bond acceptors (Lipinski definition) is 6. The van der Waals surface area contributed by atoms with Crippen LogP contribution in [0.1, 0.15) is 12.8 Å². The third-order valence-electron chi connectivity index (χ3n) is 3.66. The van der Waals surface area contributed by atoms with Crippen LogP contribution in [0.5, 0.6) is 0 Å². The van der Waals surface area contributed by atoms with Crippen molar-refractivity contribution < 1.29 is 28.8 Å². The molecule has 0 aromatic carbocycles. The van der Waals surface area contributed by atoms with Crippen molar-refractivity contribution in [1.82, 2.24) is 19.1 Å². The Morgan fingerprint density at radius 1 is 1.13 bits per heavy atom. The molecule has 1 saturated heterocycles. The molecule has 0 bridgehead atoms. The number of nitrogens with zero attached hydrogens (tertiary/aromatic N) is 4. The first-order valence-corrected chi connectivity index (χ1v) is 8.56. The third-order valence-corrected chi connectivity index (χ3v) is 6.67. The van der Waals surface area contributed by atoms with E-state index in [4.69, 9.17) is 0 Å². The Hall–Kier alpha value is -1.93. The molecule has 1 aliphatic rings. The quantitative estimate of drug-likeness (QED) is 0.490. The van der Waals surface area contributed by atoms with Crippen molar-refractivity contribution in [3.8, 4) is 0 Å². The van der Waals surface area contributed by atoms with Gasteiger partial charge in [-0.2, -0.15) is 9.34 Å². The van der Waals surface area contributed by atoms with E-state index < -0.39 is 31.7 Å². The monoisotopic (exact) mass is 348 g/mol. The molecular weight excluding hydrogens is 327 g/mol. The lowest BCUT2D eigenvalue weighted by Gasteiger charge is -2.48. The summed E-state index contributed by atoms with van der Waals surface area (Å²) in [6.07, 6.45) is -0.528. The first-order chi connectivity index (χ1) is 10.6. The van der Waals surface area contributed by atoms with E-state index in [2.05, 4.69) is 4.74 Å². The molecule has 0 radical (unpaired) electrons. The van der Waals surface area contributed by atoms with Crippen molar-refractivity contribution in [1.29, 1.82) is 0 Å². The molecule has 0 aromatic rings. The molecule has 1 heterocycles. The minimum absolute atomic E-state index is 0.101. The topological polar surface area (TPSA) is 114 Å². The largest absolute Gasteiger partial charge is 0.641 e. The van der Waals surface area contributed by atoms with Crippen LogP contribution in [0.3, 0.4) is 0 Å². The smallest absolute Gasteiger partial charge is 0.361 e. The molecule has 0 aromatic heterocycles. The first-order valence-electron chi connectivity index (χ1n) is 6.76. The molecule has 0 unspecified atom stereocenters. The van der Waals surface area contributed by atoms with Crippen molar-refractivity contribution in [2.45, 2.75) is 12.8 Å². The zero-order chi connectivity index (χ0) is 17.9.